The van der Waals surface area contributed by atoms with Crippen LogP contribution in [-0.2, 0) is 27.2 Å². The van der Waals surface area contributed by atoms with E-state index in [-0.39, 0.29) is 18.8 Å². The summed E-state index contributed by atoms with van der Waals surface area (Å²) in [7, 11) is 0. The number of Topliss-reactive ketones (excluding diaryl/α,β-unsaturated/α-hetero) is 1. The molecule has 0 N–H and O–H groups in total. The maximum absolute atomic E-state index is 13.0. The number of hydrogen-bond acceptors (Lipinski definition) is 4. The Balaban J connectivity index is 1.79. The molecule has 26 heavy (non-hydrogen) atoms. The Bertz CT molecular complexity index is 788. The molecule has 1 unspecified atom stereocenters. The van der Waals surface area contributed by atoms with Crippen molar-refractivity contribution < 1.29 is 19.1 Å². The van der Waals surface area contributed by atoms with Crippen molar-refractivity contribution in [2.45, 2.75) is 25.8 Å². The molecule has 1 aliphatic heterocycles. The van der Waals surface area contributed by atoms with Crippen LogP contribution in [0.2, 0.25) is 0 Å². The number of cyclic esters (lactones) is 1. The molecule has 2 atom stereocenters. The number of hydrogen-bond donors (Lipinski definition) is 0. The third kappa shape index (κ3) is 3.99. The molecule has 0 saturated carbocycles. The number of ether oxygens (including phenoxy) is 1. The number of nitrogens with zero attached hydrogens (tertiary/aromatic N) is 1. The van der Waals surface area contributed by atoms with E-state index in [1.807, 2.05) is 60.7 Å². The van der Waals surface area contributed by atoms with Gasteiger partial charge in [0.05, 0.1) is 6.04 Å². The van der Waals surface area contributed by atoms with Gasteiger partial charge in [-0.05, 0) is 30.9 Å². The van der Waals surface area contributed by atoms with Gasteiger partial charge in [0, 0.05) is 0 Å². The van der Waals surface area contributed by atoms with Crippen molar-refractivity contribution in [3.63, 3.8) is 0 Å². The van der Waals surface area contributed by atoms with Crippen molar-refractivity contribution in [3.8, 4) is 0 Å². The summed E-state index contributed by atoms with van der Waals surface area (Å²) in [6.07, 6.45) is 0.112. The van der Waals surface area contributed by atoms with Crippen molar-refractivity contribution in [2.75, 3.05) is 6.61 Å². The minimum atomic E-state index is -0.888. The maximum Gasteiger partial charge on any atom is 0.417 e. The van der Waals surface area contributed by atoms with E-state index in [9.17, 15) is 14.4 Å². The lowest BCUT2D eigenvalue weighted by molar-refractivity contribution is -0.138. The third-order valence-corrected chi connectivity index (χ3v) is 4.58. The first-order valence-corrected chi connectivity index (χ1v) is 8.64. The molecule has 1 aliphatic rings. The predicted molar refractivity (Wildman–Crippen MR) is 96.4 cm³/mol. The van der Waals surface area contributed by atoms with Gasteiger partial charge in [0.25, 0.3) is 0 Å². The van der Waals surface area contributed by atoms with Gasteiger partial charge in [-0.3, -0.25) is 9.59 Å². The molecule has 1 fully saturated rings. The van der Waals surface area contributed by atoms with Crippen molar-refractivity contribution in [2.24, 2.45) is 5.92 Å². The Labute approximate surface area is 152 Å². The fourth-order valence-electron chi connectivity index (χ4n) is 3.19. The first-order chi connectivity index (χ1) is 12.6. The molecule has 2 amide bonds. The topological polar surface area (TPSA) is 63.7 Å². The summed E-state index contributed by atoms with van der Waals surface area (Å²) in [6.45, 7) is 1.54. The van der Waals surface area contributed by atoms with Gasteiger partial charge in [0.2, 0.25) is 5.91 Å². The summed E-state index contributed by atoms with van der Waals surface area (Å²) in [4.78, 5) is 38.4. The second-order valence-corrected chi connectivity index (χ2v) is 6.48. The lowest BCUT2D eigenvalue weighted by Crippen LogP contribution is -2.45. The largest absolute Gasteiger partial charge is 0.447 e. The number of carbonyl (C=O) groups excluding carboxylic acids is 3. The molecular weight excluding hydrogens is 330 g/mol. The average Bonchev–Trinajstić information content (AvgIpc) is 3.01. The average molecular weight is 351 g/mol. The fraction of sp³-hybridized carbons (Fsp3) is 0.286. The zero-order valence-electron chi connectivity index (χ0n) is 14.6. The molecule has 134 valence electrons. The molecule has 2 aromatic carbocycles. The van der Waals surface area contributed by atoms with E-state index in [0.29, 0.717) is 6.42 Å². The summed E-state index contributed by atoms with van der Waals surface area (Å²) in [6, 6.07) is 18.6. The number of ketones is 1. The zero-order chi connectivity index (χ0) is 18.5. The van der Waals surface area contributed by atoms with Crippen LogP contribution in [0.5, 0.6) is 0 Å². The lowest BCUT2D eigenvalue weighted by Gasteiger charge is -2.24. The minimum absolute atomic E-state index is 0.148. The predicted octanol–water partition coefficient (Wildman–Crippen LogP) is 3.02. The van der Waals surface area contributed by atoms with Crippen molar-refractivity contribution in [1.29, 1.82) is 0 Å². The van der Waals surface area contributed by atoms with Crippen molar-refractivity contribution >= 4 is 17.8 Å². The molecule has 1 heterocycles. The molecule has 1 saturated heterocycles. The van der Waals surface area contributed by atoms with Crippen LogP contribution in [0.15, 0.2) is 60.7 Å². The molecule has 2 aromatic rings. The van der Waals surface area contributed by atoms with E-state index < -0.39 is 24.0 Å². The van der Waals surface area contributed by atoms with Gasteiger partial charge in [0.1, 0.15) is 18.3 Å². The molecular formula is C21H21NO4. The SMILES string of the molecule is CC(=O)C(Cc1ccccc1)C(=O)N1C(=O)OC[C@@H]1Cc1ccccc1. The number of carbonyl (C=O) groups is 3. The van der Waals surface area contributed by atoms with E-state index in [2.05, 4.69) is 0 Å². The highest BCUT2D eigenvalue weighted by atomic mass is 16.6. The quantitative estimate of drug-likeness (QED) is 0.751. The number of imide groups is 1. The number of benzene rings is 2. The number of rotatable bonds is 6. The molecule has 3 rings (SSSR count). The van der Waals surface area contributed by atoms with Crippen LogP contribution in [0.1, 0.15) is 18.1 Å². The summed E-state index contributed by atoms with van der Waals surface area (Å²) >= 11 is 0. The first kappa shape index (κ1) is 17.9. The van der Waals surface area contributed by atoms with Crippen molar-refractivity contribution in [3.05, 3.63) is 71.8 Å². The standard InChI is InChI=1S/C21H21NO4/c1-15(23)19(13-17-10-6-3-7-11-17)20(24)22-18(14-26-21(22)25)12-16-8-4-2-5-9-16/h2-11,18-19H,12-14H2,1H3/t18-,19?/m0/s1. The van der Waals surface area contributed by atoms with E-state index in [4.69, 9.17) is 4.74 Å². The molecule has 5 heteroatoms. The summed E-state index contributed by atoms with van der Waals surface area (Å²) in [5, 5.41) is 0. The Kier molecular flexibility index (Phi) is 5.46. The monoisotopic (exact) mass is 351 g/mol. The highest BCUT2D eigenvalue weighted by molar-refractivity contribution is 6.06. The maximum atomic E-state index is 13.0. The van der Waals surface area contributed by atoms with Crippen LogP contribution in [0.25, 0.3) is 0 Å². The highest BCUT2D eigenvalue weighted by Crippen LogP contribution is 2.22. The highest BCUT2D eigenvalue weighted by Gasteiger charge is 2.42. The van der Waals surface area contributed by atoms with E-state index in [0.717, 1.165) is 16.0 Å². The van der Waals surface area contributed by atoms with Gasteiger partial charge in [-0.2, -0.15) is 0 Å². The molecule has 0 bridgehead atoms. The molecule has 0 spiro atoms. The van der Waals surface area contributed by atoms with Crippen LogP contribution in [-0.4, -0.2) is 35.3 Å². The second-order valence-electron chi connectivity index (χ2n) is 6.48. The Morgan fingerprint density at radius 3 is 2.19 bits per heavy atom. The molecule has 0 aromatic heterocycles. The molecule has 0 radical (unpaired) electrons. The van der Waals surface area contributed by atoms with Crippen LogP contribution in [0, 0.1) is 5.92 Å². The van der Waals surface area contributed by atoms with E-state index in [1.165, 1.54) is 6.92 Å². The van der Waals surface area contributed by atoms with Gasteiger partial charge in [-0.15, -0.1) is 0 Å². The van der Waals surface area contributed by atoms with Gasteiger partial charge >= 0.3 is 6.09 Å². The molecule has 0 aliphatic carbocycles. The lowest BCUT2D eigenvalue weighted by atomic mass is 9.93. The Morgan fingerprint density at radius 1 is 1.04 bits per heavy atom. The zero-order valence-corrected chi connectivity index (χ0v) is 14.6. The minimum Gasteiger partial charge on any atom is -0.447 e. The Hall–Kier alpha value is -2.95. The van der Waals surface area contributed by atoms with Crippen LogP contribution in [0.4, 0.5) is 4.79 Å². The van der Waals surface area contributed by atoms with Crippen molar-refractivity contribution in [1.82, 2.24) is 4.90 Å². The van der Waals surface area contributed by atoms with E-state index >= 15 is 0 Å². The third-order valence-electron chi connectivity index (χ3n) is 4.58. The second kappa shape index (κ2) is 7.95. The molecule has 5 nitrogen and oxygen atoms in total. The van der Waals surface area contributed by atoms with E-state index in [1.54, 1.807) is 0 Å². The van der Waals surface area contributed by atoms with Gasteiger partial charge < -0.3 is 4.74 Å². The van der Waals surface area contributed by atoms with Crippen LogP contribution < -0.4 is 0 Å². The van der Waals surface area contributed by atoms with Gasteiger partial charge in [-0.25, -0.2) is 9.69 Å². The van der Waals surface area contributed by atoms with Gasteiger partial charge in [0.15, 0.2) is 0 Å². The first-order valence-electron chi connectivity index (χ1n) is 8.64. The van der Waals surface area contributed by atoms with Gasteiger partial charge in [-0.1, -0.05) is 60.7 Å². The summed E-state index contributed by atoms with van der Waals surface area (Å²) in [5.74, 6) is -1.62. The smallest absolute Gasteiger partial charge is 0.417 e. The van der Waals surface area contributed by atoms with Crippen LogP contribution in [0.3, 0.4) is 0 Å². The van der Waals surface area contributed by atoms with Crippen LogP contribution >= 0.6 is 0 Å². The normalized spacial score (nSPS) is 17.7. The summed E-state index contributed by atoms with van der Waals surface area (Å²) in [5.41, 5.74) is 1.89. The summed E-state index contributed by atoms with van der Waals surface area (Å²) < 4.78 is 5.11. The number of amides is 2. The fourth-order valence-corrected chi connectivity index (χ4v) is 3.19. The Morgan fingerprint density at radius 2 is 1.62 bits per heavy atom.